The third-order valence-corrected chi connectivity index (χ3v) is 6.56. The summed E-state index contributed by atoms with van der Waals surface area (Å²) in [6.07, 6.45) is 2.44. The lowest BCUT2D eigenvalue weighted by atomic mass is 9.91. The zero-order valence-electron chi connectivity index (χ0n) is 10.0. The quantitative estimate of drug-likeness (QED) is 0.579. The Kier molecular flexibility index (Phi) is 6.43. The second kappa shape index (κ2) is 7.05. The standard InChI is InChI=1S/C11H24N2S2/c1-4-9(5-2)10(13-12)11-8(3)14-6-7-15-11/h8-11,13H,4-7,12H2,1-3H3. The largest absolute Gasteiger partial charge is 0.271 e. The van der Waals surface area contributed by atoms with Crippen molar-refractivity contribution in [3.8, 4) is 0 Å². The molecule has 1 fully saturated rings. The van der Waals surface area contributed by atoms with Crippen LogP contribution in [0.3, 0.4) is 0 Å². The van der Waals surface area contributed by atoms with Crippen LogP contribution in [0.1, 0.15) is 33.6 Å². The van der Waals surface area contributed by atoms with E-state index >= 15 is 0 Å². The van der Waals surface area contributed by atoms with Gasteiger partial charge >= 0.3 is 0 Å². The highest BCUT2D eigenvalue weighted by Gasteiger charge is 2.33. The lowest BCUT2D eigenvalue weighted by Gasteiger charge is -2.37. The molecule has 0 spiro atoms. The Morgan fingerprint density at radius 1 is 1.27 bits per heavy atom. The third kappa shape index (κ3) is 3.55. The molecular formula is C11H24N2S2. The van der Waals surface area contributed by atoms with E-state index in [1.165, 1.54) is 24.3 Å². The van der Waals surface area contributed by atoms with Gasteiger partial charge in [0, 0.05) is 28.0 Å². The zero-order valence-corrected chi connectivity index (χ0v) is 11.7. The second-order valence-electron chi connectivity index (χ2n) is 4.18. The van der Waals surface area contributed by atoms with E-state index in [9.17, 15) is 0 Å². The molecule has 1 aliphatic heterocycles. The minimum Gasteiger partial charge on any atom is -0.271 e. The number of hydrogen-bond donors (Lipinski definition) is 2. The van der Waals surface area contributed by atoms with Gasteiger partial charge in [0.25, 0.3) is 0 Å². The summed E-state index contributed by atoms with van der Waals surface area (Å²) in [5, 5.41) is 1.41. The van der Waals surface area contributed by atoms with Crippen LogP contribution in [0.15, 0.2) is 0 Å². The van der Waals surface area contributed by atoms with Crippen LogP contribution in [-0.4, -0.2) is 28.0 Å². The van der Waals surface area contributed by atoms with Gasteiger partial charge in [-0.25, -0.2) is 0 Å². The molecular weight excluding hydrogens is 224 g/mol. The number of hydrazine groups is 1. The van der Waals surface area contributed by atoms with Crippen molar-refractivity contribution < 1.29 is 0 Å². The van der Waals surface area contributed by atoms with Crippen LogP contribution in [0.4, 0.5) is 0 Å². The van der Waals surface area contributed by atoms with E-state index in [2.05, 4.69) is 49.7 Å². The Morgan fingerprint density at radius 2 is 1.87 bits per heavy atom. The SMILES string of the molecule is CCC(CC)C(NN)C1SCCSC1C. The molecule has 1 rings (SSSR count). The summed E-state index contributed by atoms with van der Waals surface area (Å²) >= 11 is 4.19. The Morgan fingerprint density at radius 3 is 2.33 bits per heavy atom. The molecule has 3 N–H and O–H groups in total. The van der Waals surface area contributed by atoms with E-state index in [0.717, 1.165) is 5.25 Å². The third-order valence-electron chi connectivity index (χ3n) is 3.34. The fourth-order valence-electron chi connectivity index (χ4n) is 2.34. The Labute approximate surface area is 102 Å². The smallest absolute Gasteiger partial charge is 0.0368 e. The summed E-state index contributed by atoms with van der Waals surface area (Å²) in [6.45, 7) is 6.88. The minimum absolute atomic E-state index is 0.479. The van der Waals surface area contributed by atoms with Gasteiger partial charge in [0.15, 0.2) is 0 Å². The first-order chi connectivity index (χ1) is 7.24. The van der Waals surface area contributed by atoms with Crippen LogP contribution in [0.25, 0.3) is 0 Å². The predicted octanol–water partition coefficient (Wildman–Crippen LogP) is 2.49. The average molecular weight is 248 g/mol. The first kappa shape index (κ1) is 13.7. The van der Waals surface area contributed by atoms with Crippen LogP contribution in [-0.2, 0) is 0 Å². The monoisotopic (exact) mass is 248 g/mol. The van der Waals surface area contributed by atoms with E-state index < -0.39 is 0 Å². The van der Waals surface area contributed by atoms with E-state index in [1.54, 1.807) is 0 Å². The molecule has 1 heterocycles. The molecule has 2 nitrogen and oxygen atoms in total. The number of hydrogen-bond acceptors (Lipinski definition) is 4. The first-order valence-corrected chi connectivity index (χ1v) is 8.03. The second-order valence-corrected chi connectivity index (χ2v) is 6.95. The molecule has 0 bridgehead atoms. The van der Waals surface area contributed by atoms with E-state index in [4.69, 9.17) is 5.84 Å². The average Bonchev–Trinajstić information content (AvgIpc) is 2.27. The van der Waals surface area contributed by atoms with Crippen molar-refractivity contribution in [1.29, 1.82) is 0 Å². The Balaban J connectivity index is 2.62. The number of thioether (sulfide) groups is 2. The van der Waals surface area contributed by atoms with Crippen molar-refractivity contribution in [3.63, 3.8) is 0 Å². The molecule has 15 heavy (non-hydrogen) atoms. The lowest BCUT2D eigenvalue weighted by molar-refractivity contribution is 0.328. The highest BCUT2D eigenvalue weighted by molar-refractivity contribution is 8.07. The highest BCUT2D eigenvalue weighted by Crippen LogP contribution is 2.36. The van der Waals surface area contributed by atoms with Crippen molar-refractivity contribution in [2.45, 2.75) is 50.2 Å². The molecule has 1 aliphatic rings. The van der Waals surface area contributed by atoms with E-state index in [1.807, 2.05) is 0 Å². The normalized spacial score (nSPS) is 29.4. The van der Waals surface area contributed by atoms with Gasteiger partial charge in [-0.3, -0.25) is 11.3 Å². The van der Waals surface area contributed by atoms with Gasteiger partial charge < -0.3 is 0 Å². The van der Waals surface area contributed by atoms with E-state index in [0.29, 0.717) is 17.2 Å². The number of rotatable bonds is 5. The first-order valence-electron chi connectivity index (χ1n) is 5.93. The maximum atomic E-state index is 5.75. The van der Waals surface area contributed by atoms with E-state index in [-0.39, 0.29) is 0 Å². The van der Waals surface area contributed by atoms with Crippen LogP contribution < -0.4 is 11.3 Å². The van der Waals surface area contributed by atoms with Crippen molar-refractivity contribution >= 4 is 23.5 Å². The van der Waals surface area contributed by atoms with Gasteiger partial charge in [-0.2, -0.15) is 23.5 Å². The molecule has 0 aromatic rings. The molecule has 0 aromatic heterocycles. The highest BCUT2D eigenvalue weighted by atomic mass is 32.2. The molecule has 0 aromatic carbocycles. The summed E-state index contributed by atoms with van der Waals surface area (Å²) in [6, 6.07) is 0.479. The molecule has 0 saturated carbocycles. The summed E-state index contributed by atoms with van der Waals surface area (Å²) in [5.41, 5.74) is 3.07. The van der Waals surface area contributed by atoms with Crippen molar-refractivity contribution in [1.82, 2.24) is 5.43 Å². The molecule has 0 radical (unpaired) electrons. The van der Waals surface area contributed by atoms with Gasteiger partial charge in [-0.05, 0) is 5.92 Å². The van der Waals surface area contributed by atoms with Crippen molar-refractivity contribution in [3.05, 3.63) is 0 Å². The minimum atomic E-state index is 0.479. The predicted molar refractivity (Wildman–Crippen MR) is 73.3 cm³/mol. The lowest BCUT2D eigenvalue weighted by Crippen LogP contribution is -2.51. The molecule has 4 heteroatoms. The fraction of sp³-hybridized carbons (Fsp3) is 1.00. The topological polar surface area (TPSA) is 38.0 Å². The maximum absolute atomic E-state index is 5.75. The maximum Gasteiger partial charge on any atom is 0.0368 e. The van der Waals surface area contributed by atoms with Gasteiger partial charge in [-0.1, -0.05) is 33.6 Å². The summed E-state index contributed by atoms with van der Waals surface area (Å²) < 4.78 is 0. The Hall–Kier alpha value is 0.620. The fourth-order valence-corrected chi connectivity index (χ4v) is 5.36. The van der Waals surface area contributed by atoms with Gasteiger partial charge in [0.2, 0.25) is 0 Å². The van der Waals surface area contributed by atoms with Gasteiger partial charge in [0.05, 0.1) is 0 Å². The molecule has 0 aliphatic carbocycles. The van der Waals surface area contributed by atoms with Gasteiger partial charge in [0.1, 0.15) is 0 Å². The summed E-state index contributed by atoms with van der Waals surface area (Å²) in [4.78, 5) is 0. The number of nitrogens with two attached hydrogens (primary N) is 1. The van der Waals surface area contributed by atoms with Gasteiger partial charge in [-0.15, -0.1) is 0 Å². The van der Waals surface area contributed by atoms with Crippen molar-refractivity contribution in [2.24, 2.45) is 11.8 Å². The number of nitrogens with one attached hydrogen (secondary N) is 1. The van der Waals surface area contributed by atoms with Crippen LogP contribution in [0.2, 0.25) is 0 Å². The zero-order chi connectivity index (χ0) is 11.3. The summed E-state index contributed by atoms with van der Waals surface area (Å²) in [5.74, 6) is 9.03. The molecule has 1 saturated heterocycles. The molecule has 90 valence electrons. The summed E-state index contributed by atoms with van der Waals surface area (Å²) in [7, 11) is 0. The Bertz CT molecular complexity index is 174. The molecule has 0 amide bonds. The molecule has 3 unspecified atom stereocenters. The van der Waals surface area contributed by atoms with Crippen LogP contribution >= 0.6 is 23.5 Å². The van der Waals surface area contributed by atoms with Crippen LogP contribution in [0.5, 0.6) is 0 Å². The van der Waals surface area contributed by atoms with Crippen LogP contribution in [0, 0.1) is 5.92 Å². The van der Waals surface area contributed by atoms with Crippen molar-refractivity contribution in [2.75, 3.05) is 11.5 Å². The molecule has 3 atom stereocenters.